The predicted octanol–water partition coefficient (Wildman–Crippen LogP) is 1.54. The molecule has 0 aliphatic heterocycles. The van der Waals surface area contributed by atoms with Crippen LogP contribution in [0.2, 0.25) is 0 Å². The highest BCUT2D eigenvalue weighted by Gasteiger charge is 2.07. The maximum Gasteiger partial charge on any atom is 0.212 e. The lowest BCUT2D eigenvalue weighted by molar-refractivity contribution is 0.787. The molecular formula is C7H11ClN4S. The lowest BCUT2D eigenvalue weighted by Crippen LogP contribution is -2.04. The molecule has 1 atom stereocenters. The number of nitrogens with two attached hydrogens (primary N) is 1. The normalized spacial score (nSPS) is 12.8. The van der Waals surface area contributed by atoms with Gasteiger partial charge in [-0.3, -0.25) is 0 Å². The van der Waals surface area contributed by atoms with Crippen molar-refractivity contribution in [1.29, 1.82) is 0 Å². The summed E-state index contributed by atoms with van der Waals surface area (Å²) in [7, 11) is 0. The average molecular weight is 219 g/mol. The molecule has 0 saturated carbocycles. The van der Waals surface area contributed by atoms with E-state index in [1.807, 2.05) is 20.0 Å². The quantitative estimate of drug-likeness (QED) is 0.790. The molecule has 0 radical (unpaired) electrons. The molecule has 2 heterocycles. The minimum atomic E-state index is -0.0146. The first-order valence-electron chi connectivity index (χ1n) is 3.75. The van der Waals surface area contributed by atoms with Crippen molar-refractivity contribution in [3.05, 3.63) is 16.9 Å². The molecule has 0 bridgehead atoms. The second kappa shape index (κ2) is 3.61. The van der Waals surface area contributed by atoms with Crippen molar-refractivity contribution in [3.8, 4) is 0 Å². The number of hydrogen-bond acceptors (Lipinski definition) is 4. The van der Waals surface area contributed by atoms with Crippen molar-refractivity contribution >= 4 is 28.7 Å². The number of rotatable bonds is 1. The van der Waals surface area contributed by atoms with Crippen LogP contribution in [0.15, 0.2) is 6.20 Å². The first kappa shape index (κ1) is 10.4. The highest BCUT2D eigenvalue weighted by molar-refractivity contribution is 7.16. The van der Waals surface area contributed by atoms with Gasteiger partial charge in [0.2, 0.25) is 4.96 Å². The molecular weight excluding hydrogens is 208 g/mol. The summed E-state index contributed by atoms with van der Waals surface area (Å²) in [5, 5.41) is 5.26. The molecule has 2 aromatic rings. The van der Waals surface area contributed by atoms with Crippen molar-refractivity contribution in [2.75, 3.05) is 0 Å². The van der Waals surface area contributed by atoms with Crippen LogP contribution in [0.4, 0.5) is 0 Å². The largest absolute Gasteiger partial charge is 0.323 e. The Balaban J connectivity index is 0.000000845. The fourth-order valence-electron chi connectivity index (χ4n) is 1.04. The number of aromatic nitrogens is 3. The summed E-state index contributed by atoms with van der Waals surface area (Å²) >= 11 is 1.58. The third-order valence-corrected chi connectivity index (χ3v) is 2.47. The number of fused-ring (bicyclic) bond motifs is 1. The smallest absolute Gasteiger partial charge is 0.212 e. The number of halogens is 1. The van der Waals surface area contributed by atoms with Crippen LogP contribution in [-0.2, 0) is 0 Å². The first-order chi connectivity index (χ1) is 5.66. The van der Waals surface area contributed by atoms with Crippen LogP contribution in [0.3, 0.4) is 0 Å². The number of hydrogen-bond donors (Lipinski definition) is 1. The Bertz CT molecular complexity index is 374. The molecule has 0 amide bonds. The zero-order valence-electron chi connectivity index (χ0n) is 7.39. The SMILES string of the molecule is Cc1nn2cc(C(C)N)nc2s1.Cl. The van der Waals surface area contributed by atoms with Crippen LogP contribution < -0.4 is 5.73 Å². The Labute approximate surface area is 86.2 Å². The topological polar surface area (TPSA) is 56.2 Å². The molecule has 0 fully saturated rings. The number of nitrogens with zero attached hydrogens (tertiary/aromatic N) is 3. The van der Waals surface area contributed by atoms with E-state index in [0.29, 0.717) is 0 Å². The van der Waals surface area contributed by atoms with Crippen LogP contribution in [0.25, 0.3) is 4.96 Å². The van der Waals surface area contributed by atoms with Crippen molar-refractivity contribution in [1.82, 2.24) is 14.6 Å². The van der Waals surface area contributed by atoms with Crippen molar-refractivity contribution in [2.24, 2.45) is 5.73 Å². The summed E-state index contributed by atoms with van der Waals surface area (Å²) in [5.41, 5.74) is 6.57. The van der Waals surface area contributed by atoms with E-state index in [1.54, 1.807) is 15.9 Å². The van der Waals surface area contributed by atoms with Gasteiger partial charge in [0.1, 0.15) is 5.01 Å². The molecule has 0 spiro atoms. The van der Waals surface area contributed by atoms with Gasteiger partial charge in [-0.1, -0.05) is 11.3 Å². The highest BCUT2D eigenvalue weighted by atomic mass is 35.5. The van der Waals surface area contributed by atoms with Crippen LogP contribution in [0, 0.1) is 6.92 Å². The molecule has 0 aliphatic rings. The molecule has 1 unspecified atom stereocenters. The van der Waals surface area contributed by atoms with E-state index in [2.05, 4.69) is 10.1 Å². The van der Waals surface area contributed by atoms with Gasteiger partial charge in [-0.25, -0.2) is 9.50 Å². The molecule has 0 saturated heterocycles. The van der Waals surface area contributed by atoms with Gasteiger partial charge in [0.25, 0.3) is 0 Å². The summed E-state index contributed by atoms with van der Waals surface area (Å²) in [4.78, 5) is 5.24. The van der Waals surface area contributed by atoms with Gasteiger partial charge in [-0.2, -0.15) is 5.10 Å². The van der Waals surface area contributed by atoms with Crippen molar-refractivity contribution in [2.45, 2.75) is 19.9 Å². The minimum Gasteiger partial charge on any atom is -0.323 e. The van der Waals surface area contributed by atoms with Crippen LogP contribution in [0.1, 0.15) is 23.7 Å². The van der Waals surface area contributed by atoms with Gasteiger partial charge in [-0.05, 0) is 13.8 Å². The Hall–Kier alpha value is -0.650. The van der Waals surface area contributed by atoms with E-state index in [-0.39, 0.29) is 18.4 Å². The van der Waals surface area contributed by atoms with E-state index in [9.17, 15) is 0 Å². The second-order valence-electron chi connectivity index (χ2n) is 2.80. The fourth-order valence-corrected chi connectivity index (χ4v) is 1.77. The van der Waals surface area contributed by atoms with Crippen LogP contribution >= 0.6 is 23.7 Å². The third-order valence-electron chi connectivity index (χ3n) is 1.63. The summed E-state index contributed by atoms with van der Waals surface area (Å²) in [6.45, 7) is 3.88. The van der Waals surface area contributed by atoms with Gasteiger partial charge in [-0.15, -0.1) is 12.4 Å². The van der Waals surface area contributed by atoms with Gasteiger partial charge in [0, 0.05) is 6.04 Å². The van der Waals surface area contributed by atoms with E-state index >= 15 is 0 Å². The summed E-state index contributed by atoms with van der Waals surface area (Å²) < 4.78 is 1.78. The number of aryl methyl sites for hydroxylation is 1. The zero-order chi connectivity index (χ0) is 8.72. The Morgan fingerprint density at radius 3 is 2.85 bits per heavy atom. The molecule has 13 heavy (non-hydrogen) atoms. The maximum absolute atomic E-state index is 5.68. The number of imidazole rings is 1. The van der Waals surface area contributed by atoms with Gasteiger partial charge >= 0.3 is 0 Å². The summed E-state index contributed by atoms with van der Waals surface area (Å²) in [6.07, 6.45) is 1.88. The first-order valence-corrected chi connectivity index (χ1v) is 4.57. The van der Waals surface area contributed by atoms with Gasteiger partial charge < -0.3 is 5.73 Å². The molecule has 0 aromatic carbocycles. The van der Waals surface area contributed by atoms with Crippen LogP contribution in [0.5, 0.6) is 0 Å². The molecule has 0 aliphatic carbocycles. The van der Waals surface area contributed by atoms with Crippen molar-refractivity contribution in [3.63, 3.8) is 0 Å². The molecule has 72 valence electrons. The molecule has 2 aromatic heterocycles. The van der Waals surface area contributed by atoms with Gasteiger partial charge in [0.15, 0.2) is 0 Å². The molecule has 6 heteroatoms. The monoisotopic (exact) mass is 218 g/mol. The fraction of sp³-hybridized carbons (Fsp3) is 0.429. The van der Waals surface area contributed by atoms with Gasteiger partial charge in [0.05, 0.1) is 11.9 Å². The van der Waals surface area contributed by atoms with Crippen molar-refractivity contribution < 1.29 is 0 Å². The molecule has 2 rings (SSSR count). The van der Waals surface area contributed by atoms with E-state index < -0.39 is 0 Å². The molecule has 4 nitrogen and oxygen atoms in total. The lowest BCUT2D eigenvalue weighted by Gasteiger charge is -1.95. The maximum atomic E-state index is 5.68. The minimum absolute atomic E-state index is 0. The standard InChI is InChI=1S/C7H10N4S.ClH/c1-4(8)6-3-11-7(9-6)12-5(2)10-11;/h3-4H,8H2,1-2H3;1H. The Morgan fingerprint density at radius 1 is 1.62 bits per heavy atom. The average Bonchev–Trinajstić information content (AvgIpc) is 2.42. The Kier molecular flexibility index (Phi) is 2.90. The lowest BCUT2D eigenvalue weighted by atomic mass is 10.3. The van der Waals surface area contributed by atoms with E-state index in [0.717, 1.165) is 15.7 Å². The summed E-state index contributed by atoms with van der Waals surface area (Å²) in [6, 6.07) is -0.0146. The van der Waals surface area contributed by atoms with E-state index in [1.165, 1.54) is 0 Å². The van der Waals surface area contributed by atoms with E-state index in [4.69, 9.17) is 5.73 Å². The highest BCUT2D eigenvalue weighted by Crippen LogP contribution is 2.15. The predicted molar refractivity (Wildman–Crippen MR) is 55.5 cm³/mol. The summed E-state index contributed by atoms with van der Waals surface area (Å²) in [5.74, 6) is 0. The Morgan fingerprint density at radius 2 is 2.31 bits per heavy atom. The third kappa shape index (κ3) is 1.82. The zero-order valence-corrected chi connectivity index (χ0v) is 9.02. The van der Waals surface area contributed by atoms with Crippen LogP contribution in [-0.4, -0.2) is 14.6 Å². The molecule has 2 N–H and O–H groups in total. The second-order valence-corrected chi connectivity index (χ2v) is 3.96.